The van der Waals surface area contributed by atoms with Crippen LogP contribution in [0.3, 0.4) is 0 Å². The summed E-state index contributed by atoms with van der Waals surface area (Å²) >= 11 is 1.26. The first-order valence-corrected chi connectivity index (χ1v) is 8.62. The van der Waals surface area contributed by atoms with E-state index in [1.165, 1.54) is 24.5 Å². The molecule has 1 atom stereocenters. The molecule has 1 aromatic carbocycles. The molecular weight excluding hydrogens is 331 g/mol. The fourth-order valence-electron chi connectivity index (χ4n) is 3.16. The number of benzene rings is 1. The van der Waals surface area contributed by atoms with Crippen molar-refractivity contribution in [2.45, 2.75) is 19.4 Å². The average Bonchev–Trinajstić information content (AvgIpc) is 2.94. The summed E-state index contributed by atoms with van der Waals surface area (Å²) in [6.07, 6.45) is 1.43. The Kier molecular flexibility index (Phi) is 4.82. The van der Waals surface area contributed by atoms with E-state index >= 15 is 0 Å². The summed E-state index contributed by atoms with van der Waals surface area (Å²) in [6.45, 7) is 1.05. The van der Waals surface area contributed by atoms with Crippen molar-refractivity contribution >= 4 is 33.2 Å². The molecule has 2 aromatic rings. The summed E-state index contributed by atoms with van der Waals surface area (Å²) < 4.78 is 20.1. The van der Waals surface area contributed by atoms with E-state index in [-0.39, 0.29) is 30.2 Å². The quantitative estimate of drug-likeness (QED) is 0.921. The van der Waals surface area contributed by atoms with Crippen LogP contribution in [0.25, 0.3) is 10.1 Å². The molecule has 2 heterocycles. The van der Waals surface area contributed by atoms with Crippen LogP contribution < -0.4 is 5.73 Å². The molecule has 7 heteroatoms. The van der Waals surface area contributed by atoms with Crippen LogP contribution in [0.5, 0.6) is 0 Å². The molecule has 2 amide bonds. The van der Waals surface area contributed by atoms with Crippen molar-refractivity contribution in [3.8, 4) is 0 Å². The molecule has 1 saturated heterocycles. The molecule has 1 aliphatic rings. The number of amides is 2. The van der Waals surface area contributed by atoms with Gasteiger partial charge < -0.3 is 15.4 Å². The van der Waals surface area contributed by atoms with Gasteiger partial charge in [-0.3, -0.25) is 9.59 Å². The molecule has 0 bridgehead atoms. The number of likely N-dealkylation sites (tertiary alicyclic amines) is 1. The molecule has 0 aliphatic carbocycles. The number of ether oxygens (including phenoxy) is 1. The van der Waals surface area contributed by atoms with Gasteiger partial charge in [-0.25, -0.2) is 4.39 Å². The smallest absolute Gasteiger partial charge is 0.264 e. The molecule has 5 nitrogen and oxygen atoms in total. The van der Waals surface area contributed by atoms with Gasteiger partial charge in [-0.15, -0.1) is 11.3 Å². The Balaban J connectivity index is 1.99. The maximum absolute atomic E-state index is 14.2. The zero-order chi connectivity index (χ0) is 17.3. The van der Waals surface area contributed by atoms with Crippen molar-refractivity contribution in [3.63, 3.8) is 0 Å². The van der Waals surface area contributed by atoms with E-state index in [1.807, 2.05) is 0 Å². The minimum Gasteiger partial charge on any atom is -0.380 e. The third-order valence-corrected chi connectivity index (χ3v) is 5.54. The van der Waals surface area contributed by atoms with Crippen molar-refractivity contribution in [2.75, 3.05) is 20.2 Å². The topological polar surface area (TPSA) is 72.6 Å². The Labute approximate surface area is 143 Å². The molecule has 0 radical (unpaired) electrons. The molecule has 1 aromatic heterocycles. The molecular formula is C17H19FN2O3S. The van der Waals surface area contributed by atoms with Crippen LogP contribution in [-0.4, -0.2) is 36.9 Å². The number of thiophene rings is 1. The van der Waals surface area contributed by atoms with Crippen LogP contribution >= 0.6 is 11.3 Å². The lowest BCUT2D eigenvalue weighted by molar-refractivity contribution is -0.123. The number of piperidine rings is 1. The van der Waals surface area contributed by atoms with Crippen molar-refractivity contribution in [2.24, 2.45) is 11.7 Å². The van der Waals surface area contributed by atoms with Crippen molar-refractivity contribution in [3.05, 3.63) is 34.5 Å². The number of methoxy groups -OCH3 is 1. The van der Waals surface area contributed by atoms with Crippen LogP contribution in [0, 0.1) is 11.7 Å². The predicted octanol–water partition coefficient (Wildman–Crippen LogP) is 2.52. The van der Waals surface area contributed by atoms with Gasteiger partial charge in [-0.2, -0.15) is 0 Å². The monoisotopic (exact) mass is 350 g/mol. The van der Waals surface area contributed by atoms with Gasteiger partial charge in [0.15, 0.2) is 0 Å². The second-order valence-corrected chi connectivity index (χ2v) is 7.00. The van der Waals surface area contributed by atoms with E-state index in [1.54, 1.807) is 17.0 Å². The van der Waals surface area contributed by atoms with E-state index in [0.717, 1.165) is 6.42 Å². The summed E-state index contributed by atoms with van der Waals surface area (Å²) in [5.74, 6) is -1.25. The van der Waals surface area contributed by atoms with Crippen LogP contribution in [0.2, 0.25) is 0 Å². The van der Waals surface area contributed by atoms with Gasteiger partial charge in [0.25, 0.3) is 5.91 Å². The molecule has 1 fully saturated rings. The minimum absolute atomic E-state index is 0.162. The number of nitrogens with two attached hydrogens (primary N) is 1. The number of hydrogen-bond donors (Lipinski definition) is 1. The lowest BCUT2D eigenvalue weighted by atomic mass is 9.97. The second kappa shape index (κ2) is 6.86. The van der Waals surface area contributed by atoms with Gasteiger partial charge in [-0.1, -0.05) is 6.07 Å². The molecule has 3 rings (SSSR count). The largest absolute Gasteiger partial charge is 0.380 e. The van der Waals surface area contributed by atoms with Gasteiger partial charge in [0, 0.05) is 35.8 Å². The van der Waals surface area contributed by atoms with Gasteiger partial charge in [0.1, 0.15) is 5.82 Å². The standard InChI is InChI=1S/C17H19FN2O3S/c1-23-9-11-14-12(18)5-2-6-13(14)24-15(11)17(22)20-7-3-4-10(8-20)16(19)21/h2,5-6,10H,3-4,7-9H2,1H3,(H2,19,21). The number of rotatable bonds is 4. The number of carbonyl (C=O) groups excluding carboxylic acids is 2. The second-order valence-electron chi connectivity index (χ2n) is 5.95. The van der Waals surface area contributed by atoms with E-state index in [9.17, 15) is 14.0 Å². The first-order chi connectivity index (χ1) is 11.5. The SMILES string of the molecule is COCc1c(C(=O)N2CCCC(C(N)=O)C2)sc2cccc(F)c12. The highest BCUT2D eigenvalue weighted by molar-refractivity contribution is 7.21. The number of fused-ring (bicyclic) bond motifs is 1. The van der Waals surface area contributed by atoms with E-state index in [2.05, 4.69) is 0 Å². The Hall–Kier alpha value is -1.99. The van der Waals surface area contributed by atoms with Crippen LogP contribution in [0.4, 0.5) is 4.39 Å². The molecule has 1 aliphatic heterocycles. The predicted molar refractivity (Wildman–Crippen MR) is 90.3 cm³/mol. The zero-order valence-corrected chi connectivity index (χ0v) is 14.2. The number of nitrogens with zero attached hydrogens (tertiary/aromatic N) is 1. The number of primary amides is 1. The summed E-state index contributed by atoms with van der Waals surface area (Å²) in [4.78, 5) is 26.5. The maximum atomic E-state index is 14.2. The van der Waals surface area contributed by atoms with Gasteiger partial charge in [-0.05, 0) is 25.0 Å². The van der Waals surface area contributed by atoms with Gasteiger partial charge in [0.05, 0.1) is 17.4 Å². The van der Waals surface area contributed by atoms with Crippen LogP contribution in [0.1, 0.15) is 28.1 Å². The maximum Gasteiger partial charge on any atom is 0.264 e. The van der Waals surface area contributed by atoms with Crippen molar-refractivity contribution in [1.82, 2.24) is 4.90 Å². The van der Waals surface area contributed by atoms with E-state index < -0.39 is 0 Å². The third kappa shape index (κ3) is 3.01. The Morgan fingerprint density at radius 3 is 2.96 bits per heavy atom. The number of hydrogen-bond acceptors (Lipinski definition) is 4. The first kappa shape index (κ1) is 16.9. The van der Waals surface area contributed by atoms with Gasteiger partial charge in [0.2, 0.25) is 5.91 Å². The average molecular weight is 350 g/mol. The summed E-state index contributed by atoms with van der Waals surface area (Å²) in [6, 6.07) is 4.80. The fraction of sp³-hybridized carbons (Fsp3) is 0.412. The lowest BCUT2D eigenvalue weighted by Crippen LogP contribution is -2.44. The molecule has 2 N–H and O–H groups in total. The van der Waals surface area contributed by atoms with Crippen molar-refractivity contribution < 1.29 is 18.7 Å². The fourth-order valence-corrected chi connectivity index (χ4v) is 4.35. The van der Waals surface area contributed by atoms with Gasteiger partial charge >= 0.3 is 0 Å². The molecule has 128 valence electrons. The Morgan fingerprint density at radius 2 is 2.25 bits per heavy atom. The lowest BCUT2D eigenvalue weighted by Gasteiger charge is -2.31. The van der Waals surface area contributed by atoms with E-state index in [4.69, 9.17) is 10.5 Å². The molecule has 0 spiro atoms. The molecule has 0 saturated carbocycles. The van der Waals surface area contributed by atoms with Crippen LogP contribution in [0.15, 0.2) is 18.2 Å². The normalized spacial score (nSPS) is 18.1. The third-order valence-electron chi connectivity index (χ3n) is 4.36. The summed E-state index contributed by atoms with van der Waals surface area (Å²) in [5, 5.41) is 0.441. The molecule has 24 heavy (non-hydrogen) atoms. The zero-order valence-electron chi connectivity index (χ0n) is 13.4. The number of carbonyl (C=O) groups is 2. The Bertz CT molecular complexity index is 789. The first-order valence-electron chi connectivity index (χ1n) is 7.80. The van der Waals surface area contributed by atoms with Crippen LogP contribution in [-0.2, 0) is 16.1 Å². The summed E-state index contributed by atoms with van der Waals surface area (Å²) in [7, 11) is 1.52. The highest BCUT2D eigenvalue weighted by atomic mass is 32.1. The highest BCUT2D eigenvalue weighted by Crippen LogP contribution is 2.35. The minimum atomic E-state index is -0.382. The summed E-state index contributed by atoms with van der Waals surface area (Å²) in [5.41, 5.74) is 5.95. The molecule has 1 unspecified atom stereocenters. The Morgan fingerprint density at radius 1 is 1.46 bits per heavy atom. The highest BCUT2D eigenvalue weighted by Gasteiger charge is 2.30. The van der Waals surface area contributed by atoms with E-state index in [0.29, 0.717) is 40.0 Å². The number of halogens is 1. The van der Waals surface area contributed by atoms with Crippen molar-refractivity contribution in [1.29, 1.82) is 0 Å².